The fraction of sp³-hybridized carbons (Fsp3) is 1.00. The monoisotopic (exact) mass is 180 g/mol. The predicted octanol–water partition coefficient (Wildman–Crippen LogP) is 2.10. The van der Waals surface area contributed by atoms with E-state index in [1.807, 2.05) is 0 Å². The van der Waals surface area contributed by atoms with Crippen LogP contribution in [0.2, 0.25) is 0 Å². The molecule has 0 aromatic carbocycles. The summed E-state index contributed by atoms with van der Waals surface area (Å²) in [5.74, 6) is -4.09. The van der Waals surface area contributed by atoms with Gasteiger partial charge in [0.15, 0.2) is 0 Å². The topological polar surface area (TPSA) is 9.23 Å². The predicted molar refractivity (Wildman–Crippen MR) is 27.6 cm³/mol. The number of ether oxygens (including phenoxy) is 1. The van der Waals surface area contributed by atoms with Gasteiger partial charge in [-0.15, -0.1) is 0 Å². The fourth-order valence-electron chi connectivity index (χ4n) is 0.238. The molecular weight excluding hydrogens is 175 g/mol. The second-order valence-corrected chi connectivity index (χ2v) is 1.74. The molecule has 0 N–H and O–H groups in total. The zero-order chi connectivity index (χ0) is 8.20. The number of rotatable bonds is 4. The molecule has 0 aromatic heterocycles. The Morgan fingerprint density at radius 3 is 2.20 bits per heavy atom. The second kappa shape index (κ2) is 3.98. The van der Waals surface area contributed by atoms with E-state index in [0.29, 0.717) is 0 Å². The highest BCUT2D eigenvalue weighted by atomic mass is 35.5. The molecule has 0 rings (SSSR count). The van der Waals surface area contributed by atoms with Crippen LogP contribution in [0.15, 0.2) is 0 Å². The molecule has 6 heteroatoms. The average Bonchev–Trinajstić information content (AvgIpc) is 1.84. The summed E-state index contributed by atoms with van der Waals surface area (Å²) in [5, 5.41) is 0. The van der Waals surface area contributed by atoms with Gasteiger partial charge in [-0.1, -0.05) is 11.6 Å². The van der Waals surface area contributed by atoms with Gasteiger partial charge in [0.2, 0.25) is 0 Å². The van der Waals surface area contributed by atoms with E-state index in [-0.39, 0.29) is 0 Å². The van der Waals surface area contributed by atoms with Gasteiger partial charge >= 0.3 is 12.3 Å². The molecule has 0 aliphatic carbocycles. The van der Waals surface area contributed by atoms with Gasteiger partial charge in [0.1, 0.15) is 12.7 Å². The lowest BCUT2D eigenvalue weighted by Gasteiger charge is -2.13. The van der Waals surface area contributed by atoms with E-state index in [0.717, 1.165) is 0 Å². The first-order valence-electron chi connectivity index (χ1n) is 2.30. The molecule has 0 amide bonds. The maximum absolute atomic E-state index is 11.8. The Morgan fingerprint density at radius 2 is 1.90 bits per heavy atom. The van der Waals surface area contributed by atoms with Crippen LogP contribution in [0.25, 0.3) is 0 Å². The average molecular weight is 181 g/mol. The Labute approximate surface area is 59.9 Å². The van der Waals surface area contributed by atoms with E-state index in [1.54, 1.807) is 0 Å². The SMILES string of the molecule is FC(F)C(F)(F)COCCl. The van der Waals surface area contributed by atoms with E-state index < -0.39 is 25.0 Å². The molecule has 10 heavy (non-hydrogen) atoms. The molecule has 62 valence electrons. The van der Waals surface area contributed by atoms with Gasteiger partial charge in [-0.05, 0) is 0 Å². The molecule has 0 aliphatic heterocycles. The molecule has 0 fully saturated rings. The summed E-state index contributed by atoms with van der Waals surface area (Å²) in [4.78, 5) is 0. The Bertz CT molecular complexity index is 97.3. The molecule has 0 atom stereocenters. The van der Waals surface area contributed by atoms with Crippen molar-refractivity contribution in [3.05, 3.63) is 0 Å². The molecular formula is C4H5ClF4O. The number of halogens is 5. The van der Waals surface area contributed by atoms with Crippen molar-refractivity contribution in [3.8, 4) is 0 Å². The van der Waals surface area contributed by atoms with Crippen LogP contribution in [0, 0.1) is 0 Å². The minimum absolute atomic E-state index is 0.512. The summed E-state index contributed by atoms with van der Waals surface area (Å²) in [6.45, 7) is -1.34. The van der Waals surface area contributed by atoms with Gasteiger partial charge in [-0.3, -0.25) is 0 Å². The molecule has 0 spiro atoms. The van der Waals surface area contributed by atoms with Crippen molar-refractivity contribution in [2.45, 2.75) is 12.3 Å². The van der Waals surface area contributed by atoms with Gasteiger partial charge in [-0.25, -0.2) is 8.78 Å². The quantitative estimate of drug-likeness (QED) is 0.476. The Morgan fingerprint density at radius 1 is 1.40 bits per heavy atom. The molecule has 0 saturated carbocycles. The maximum Gasteiger partial charge on any atom is 0.330 e. The van der Waals surface area contributed by atoms with Gasteiger partial charge < -0.3 is 4.74 Å². The summed E-state index contributed by atoms with van der Waals surface area (Å²) < 4.78 is 50.0. The normalized spacial score (nSPS) is 12.6. The smallest absolute Gasteiger partial charge is 0.330 e. The second-order valence-electron chi connectivity index (χ2n) is 1.52. The molecule has 0 unspecified atom stereocenters. The first-order valence-corrected chi connectivity index (χ1v) is 2.84. The van der Waals surface area contributed by atoms with Gasteiger partial charge in [0, 0.05) is 0 Å². The van der Waals surface area contributed by atoms with Crippen molar-refractivity contribution >= 4 is 11.6 Å². The van der Waals surface area contributed by atoms with Crippen LogP contribution in [0.1, 0.15) is 0 Å². The summed E-state index contributed by atoms with van der Waals surface area (Å²) >= 11 is 4.81. The van der Waals surface area contributed by atoms with Gasteiger partial charge in [0.05, 0.1) is 0 Å². The van der Waals surface area contributed by atoms with Crippen LogP contribution < -0.4 is 0 Å². The van der Waals surface area contributed by atoms with Crippen molar-refractivity contribution in [2.75, 3.05) is 12.7 Å². The number of hydrogen-bond donors (Lipinski definition) is 0. The Balaban J connectivity index is 3.63. The first-order chi connectivity index (χ1) is 4.50. The number of alkyl halides is 5. The molecule has 0 aromatic rings. The molecule has 0 heterocycles. The minimum atomic E-state index is -4.09. The summed E-state index contributed by atoms with van der Waals surface area (Å²) in [5.41, 5.74) is 0. The van der Waals surface area contributed by atoms with Crippen LogP contribution in [0.4, 0.5) is 17.6 Å². The third-order valence-corrected chi connectivity index (χ3v) is 0.845. The minimum Gasteiger partial charge on any atom is -0.359 e. The van der Waals surface area contributed by atoms with Crippen LogP contribution >= 0.6 is 11.6 Å². The summed E-state index contributed by atoms with van der Waals surface area (Å²) in [6, 6.07) is -0.512. The van der Waals surface area contributed by atoms with Crippen LogP contribution in [0.3, 0.4) is 0 Å². The van der Waals surface area contributed by atoms with Crippen molar-refractivity contribution in [3.63, 3.8) is 0 Å². The van der Waals surface area contributed by atoms with Crippen molar-refractivity contribution in [1.82, 2.24) is 0 Å². The first kappa shape index (κ1) is 9.97. The van der Waals surface area contributed by atoms with E-state index >= 15 is 0 Å². The van der Waals surface area contributed by atoms with Crippen molar-refractivity contribution in [1.29, 1.82) is 0 Å². The van der Waals surface area contributed by atoms with E-state index in [1.165, 1.54) is 0 Å². The molecule has 1 nitrogen and oxygen atoms in total. The maximum atomic E-state index is 11.8. The van der Waals surface area contributed by atoms with E-state index in [9.17, 15) is 17.6 Å². The standard InChI is InChI=1S/C4H5ClF4O/c5-2-10-1-4(8,9)3(6)7/h3H,1-2H2. The fourth-order valence-corrected chi connectivity index (χ4v) is 0.315. The third kappa shape index (κ3) is 3.22. The van der Waals surface area contributed by atoms with E-state index in [4.69, 9.17) is 11.6 Å². The highest BCUT2D eigenvalue weighted by Crippen LogP contribution is 2.22. The zero-order valence-electron chi connectivity index (χ0n) is 4.79. The van der Waals surface area contributed by atoms with Crippen LogP contribution in [0.5, 0.6) is 0 Å². The molecule has 0 bridgehead atoms. The molecule has 0 radical (unpaired) electrons. The highest BCUT2D eigenvalue weighted by Gasteiger charge is 2.40. The molecule has 0 saturated heterocycles. The Hall–Kier alpha value is -0.0300. The summed E-state index contributed by atoms with van der Waals surface area (Å²) in [6.07, 6.45) is -3.70. The number of hydrogen-bond acceptors (Lipinski definition) is 1. The van der Waals surface area contributed by atoms with Gasteiger partial charge in [0.25, 0.3) is 0 Å². The highest BCUT2D eigenvalue weighted by molar-refractivity contribution is 6.17. The van der Waals surface area contributed by atoms with Crippen LogP contribution in [-0.2, 0) is 4.74 Å². The van der Waals surface area contributed by atoms with Crippen molar-refractivity contribution < 1.29 is 22.3 Å². The third-order valence-electron chi connectivity index (χ3n) is 0.691. The summed E-state index contributed by atoms with van der Waals surface area (Å²) in [7, 11) is 0. The lowest BCUT2D eigenvalue weighted by atomic mass is 10.4. The lowest BCUT2D eigenvalue weighted by Crippen LogP contribution is -2.32. The van der Waals surface area contributed by atoms with Crippen molar-refractivity contribution in [2.24, 2.45) is 0 Å². The zero-order valence-corrected chi connectivity index (χ0v) is 5.55. The lowest BCUT2D eigenvalue weighted by molar-refractivity contribution is -0.161. The van der Waals surface area contributed by atoms with Gasteiger partial charge in [-0.2, -0.15) is 8.78 Å². The van der Waals surface area contributed by atoms with Crippen LogP contribution in [-0.4, -0.2) is 25.0 Å². The largest absolute Gasteiger partial charge is 0.359 e. The van der Waals surface area contributed by atoms with E-state index in [2.05, 4.69) is 4.74 Å². The Kier molecular flexibility index (Phi) is 3.96. The molecule has 0 aliphatic rings.